The highest BCUT2D eigenvalue weighted by atomic mass is 19.1. The van der Waals surface area contributed by atoms with E-state index < -0.39 is 11.6 Å². The number of pyridine rings is 1. The molecule has 0 amide bonds. The molecule has 2 rings (SSSR count). The summed E-state index contributed by atoms with van der Waals surface area (Å²) in [6.45, 7) is 3.55. The van der Waals surface area contributed by atoms with Crippen molar-refractivity contribution in [2.24, 2.45) is 20.2 Å². The summed E-state index contributed by atoms with van der Waals surface area (Å²) in [6.07, 6.45) is 1.67. The molecule has 0 saturated heterocycles. The summed E-state index contributed by atoms with van der Waals surface area (Å²) in [5.41, 5.74) is 2.41. The Bertz CT molecular complexity index is 899. The number of halogens is 2. The van der Waals surface area contributed by atoms with E-state index in [1.54, 1.807) is 20.2 Å². The second-order valence-corrected chi connectivity index (χ2v) is 5.36. The van der Waals surface area contributed by atoms with Gasteiger partial charge in [-0.25, -0.2) is 13.8 Å². The van der Waals surface area contributed by atoms with Gasteiger partial charge in [-0.3, -0.25) is 9.98 Å². The highest BCUT2D eigenvalue weighted by Crippen LogP contribution is 2.20. The van der Waals surface area contributed by atoms with Crippen molar-refractivity contribution in [2.45, 2.75) is 13.8 Å². The molecule has 0 atom stereocenters. The van der Waals surface area contributed by atoms with Crippen molar-refractivity contribution in [3.63, 3.8) is 0 Å². The minimum atomic E-state index is -0.604. The van der Waals surface area contributed by atoms with Crippen molar-refractivity contribution in [1.29, 1.82) is 0 Å². The summed E-state index contributed by atoms with van der Waals surface area (Å²) in [7, 11) is 3.01. The van der Waals surface area contributed by atoms with Gasteiger partial charge < -0.3 is 0 Å². The third kappa shape index (κ3) is 4.50. The van der Waals surface area contributed by atoms with E-state index in [9.17, 15) is 8.78 Å². The van der Waals surface area contributed by atoms with E-state index in [0.717, 1.165) is 29.5 Å². The van der Waals surface area contributed by atoms with Crippen LogP contribution >= 0.6 is 0 Å². The maximum absolute atomic E-state index is 14.0. The molecule has 0 saturated carbocycles. The van der Waals surface area contributed by atoms with Crippen LogP contribution in [0.15, 0.2) is 68.5 Å². The molecule has 1 aromatic carbocycles. The Morgan fingerprint density at radius 1 is 1.04 bits per heavy atom. The number of allylic oxidation sites excluding steroid dienone is 2. The van der Waals surface area contributed by atoms with Gasteiger partial charge in [0.1, 0.15) is 17.3 Å². The second-order valence-electron chi connectivity index (χ2n) is 5.36. The van der Waals surface area contributed by atoms with Gasteiger partial charge in [-0.1, -0.05) is 6.07 Å². The highest BCUT2D eigenvalue weighted by Gasteiger charge is 2.14. The fourth-order valence-corrected chi connectivity index (χ4v) is 2.34. The summed E-state index contributed by atoms with van der Waals surface area (Å²) in [4.78, 5) is 12.6. The number of hydrogen-bond donors (Lipinski definition) is 0. The lowest BCUT2D eigenvalue weighted by Gasteiger charge is -2.08. The van der Waals surface area contributed by atoms with Crippen LogP contribution in [-0.2, 0) is 0 Å². The predicted molar refractivity (Wildman–Crippen MR) is 99.5 cm³/mol. The van der Waals surface area contributed by atoms with Crippen molar-refractivity contribution in [2.75, 3.05) is 14.1 Å². The Hall–Kier alpha value is -3.09. The molecule has 5 nitrogen and oxygen atoms in total. The Morgan fingerprint density at radius 3 is 2.42 bits per heavy atom. The van der Waals surface area contributed by atoms with Crippen molar-refractivity contribution in [1.82, 2.24) is 4.98 Å². The van der Waals surface area contributed by atoms with E-state index >= 15 is 0 Å². The van der Waals surface area contributed by atoms with Gasteiger partial charge in [-0.05, 0) is 44.2 Å². The summed E-state index contributed by atoms with van der Waals surface area (Å²) in [5, 5.41) is 7.96. The first-order chi connectivity index (χ1) is 12.5. The maximum Gasteiger partial charge on any atom is 0.157 e. The molecule has 0 radical (unpaired) electrons. The van der Waals surface area contributed by atoms with E-state index in [2.05, 4.69) is 25.2 Å². The monoisotopic (exact) mass is 355 g/mol. The molecular weight excluding hydrogens is 336 g/mol. The standard InChI is InChI=1S/C19H19F2N5/c1-12(17-7-5-6-10-24-17)18(26-23-4)13(2)25-19(22-3)15-11-14(20)8-9-16(15)21/h5-11H,1-4H3/b18-12+,22-19-,25-13-,26-23-. The van der Waals surface area contributed by atoms with E-state index in [-0.39, 0.29) is 11.4 Å². The Balaban J connectivity index is 2.54. The molecule has 0 spiro atoms. The summed E-state index contributed by atoms with van der Waals surface area (Å²) >= 11 is 0. The maximum atomic E-state index is 14.0. The van der Waals surface area contributed by atoms with Gasteiger partial charge in [-0.2, -0.15) is 10.2 Å². The topological polar surface area (TPSA) is 62.3 Å². The van der Waals surface area contributed by atoms with Gasteiger partial charge in [0.05, 0.1) is 17.0 Å². The lowest BCUT2D eigenvalue weighted by atomic mass is 10.1. The van der Waals surface area contributed by atoms with Crippen LogP contribution in [-0.4, -0.2) is 30.6 Å². The van der Waals surface area contributed by atoms with Crippen LogP contribution in [0.25, 0.3) is 5.57 Å². The third-order valence-electron chi connectivity index (χ3n) is 3.60. The zero-order chi connectivity index (χ0) is 19.1. The van der Waals surface area contributed by atoms with Crippen molar-refractivity contribution >= 4 is 17.1 Å². The second kappa shape index (κ2) is 8.84. The molecule has 2 aromatic rings. The molecule has 0 N–H and O–H groups in total. The minimum absolute atomic E-state index is 0.0184. The number of amidine groups is 1. The fourth-order valence-electron chi connectivity index (χ4n) is 2.34. The smallest absolute Gasteiger partial charge is 0.157 e. The predicted octanol–water partition coefficient (Wildman–Crippen LogP) is 4.71. The Kier molecular flexibility index (Phi) is 6.54. The first-order valence-corrected chi connectivity index (χ1v) is 7.88. The van der Waals surface area contributed by atoms with E-state index in [1.807, 2.05) is 25.1 Å². The van der Waals surface area contributed by atoms with Crippen molar-refractivity contribution in [3.05, 3.63) is 71.2 Å². The Morgan fingerprint density at radius 2 is 1.81 bits per heavy atom. The van der Waals surface area contributed by atoms with Crippen LogP contribution in [0.3, 0.4) is 0 Å². The SMILES string of the molecule is C\N=N/C(C(/C)=N\C(=N/C)c1cc(F)ccc1F)=C(\C)c1ccccn1. The van der Waals surface area contributed by atoms with Gasteiger partial charge >= 0.3 is 0 Å². The largest absolute Gasteiger partial charge is 0.270 e. The van der Waals surface area contributed by atoms with Gasteiger partial charge in [0.15, 0.2) is 5.84 Å². The fraction of sp³-hybridized carbons (Fsp3) is 0.211. The molecular formula is C19H19F2N5. The van der Waals surface area contributed by atoms with E-state index in [4.69, 9.17) is 0 Å². The Labute approximate surface area is 151 Å². The summed E-state index contributed by atoms with van der Waals surface area (Å²) in [6, 6.07) is 8.67. The molecule has 1 heterocycles. The summed E-state index contributed by atoms with van der Waals surface area (Å²) in [5.74, 6) is -1.10. The number of azo groups is 1. The number of aromatic nitrogens is 1. The molecule has 0 fully saturated rings. The average Bonchev–Trinajstić information content (AvgIpc) is 2.66. The molecule has 26 heavy (non-hydrogen) atoms. The van der Waals surface area contributed by atoms with Crippen LogP contribution < -0.4 is 0 Å². The lowest BCUT2D eigenvalue weighted by molar-refractivity contribution is 0.598. The molecule has 1 aromatic heterocycles. The third-order valence-corrected chi connectivity index (χ3v) is 3.60. The first kappa shape index (κ1) is 19.2. The van der Waals surface area contributed by atoms with E-state index in [1.165, 1.54) is 7.05 Å². The average molecular weight is 355 g/mol. The van der Waals surface area contributed by atoms with Gasteiger partial charge in [-0.15, -0.1) is 0 Å². The highest BCUT2D eigenvalue weighted by molar-refractivity contribution is 6.13. The van der Waals surface area contributed by atoms with Crippen molar-refractivity contribution in [3.8, 4) is 0 Å². The molecule has 0 aliphatic carbocycles. The van der Waals surface area contributed by atoms with Crippen LogP contribution in [0.4, 0.5) is 8.78 Å². The zero-order valence-electron chi connectivity index (χ0n) is 15.0. The quantitative estimate of drug-likeness (QED) is 0.445. The van der Waals surface area contributed by atoms with Crippen LogP contribution in [0.2, 0.25) is 0 Å². The van der Waals surface area contributed by atoms with Crippen LogP contribution in [0.1, 0.15) is 25.1 Å². The minimum Gasteiger partial charge on any atom is -0.270 e. The molecule has 0 aliphatic heterocycles. The number of hydrogen-bond acceptors (Lipinski definition) is 4. The zero-order valence-corrected chi connectivity index (χ0v) is 15.0. The number of rotatable bonds is 4. The number of aliphatic imine (C=N–C) groups is 2. The summed E-state index contributed by atoms with van der Waals surface area (Å²) < 4.78 is 27.5. The molecule has 0 bridgehead atoms. The van der Waals surface area contributed by atoms with Gasteiger partial charge in [0.2, 0.25) is 0 Å². The van der Waals surface area contributed by atoms with Crippen LogP contribution in [0.5, 0.6) is 0 Å². The number of nitrogens with zero attached hydrogens (tertiary/aromatic N) is 5. The van der Waals surface area contributed by atoms with Gasteiger partial charge in [0, 0.05) is 25.9 Å². The molecule has 0 unspecified atom stereocenters. The number of benzene rings is 1. The van der Waals surface area contributed by atoms with Crippen LogP contribution in [0, 0.1) is 11.6 Å². The normalized spacial score (nSPS) is 13.9. The lowest BCUT2D eigenvalue weighted by Crippen LogP contribution is -2.07. The van der Waals surface area contributed by atoms with Crippen molar-refractivity contribution < 1.29 is 8.78 Å². The molecule has 134 valence electrons. The van der Waals surface area contributed by atoms with E-state index in [0.29, 0.717) is 11.4 Å². The first-order valence-electron chi connectivity index (χ1n) is 7.88. The molecule has 7 heteroatoms. The van der Waals surface area contributed by atoms with Gasteiger partial charge in [0.25, 0.3) is 0 Å². The molecule has 0 aliphatic rings.